The highest BCUT2D eigenvalue weighted by Crippen LogP contribution is 2.27. The van der Waals surface area contributed by atoms with Crippen LogP contribution in [-0.2, 0) is 4.79 Å². The van der Waals surface area contributed by atoms with Crippen LogP contribution in [0.4, 0.5) is 0 Å². The molecule has 2 N–H and O–H groups in total. The molecule has 4 rings (SSSR count). The Bertz CT molecular complexity index is 1420. The van der Waals surface area contributed by atoms with Crippen LogP contribution in [0.15, 0.2) is 48.3 Å². The van der Waals surface area contributed by atoms with Gasteiger partial charge in [0.05, 0.1) is 28.8 Å². The summed E-state index contributed by atoms with van der Waals surface area (Å²) in [6.45, 7) is 9.05. The minimum Gasteiger partial charge on any atom is -0.351 e. The van der Waals surface area contributed by atoms with Crippen LogP contribution in [-0.4, -0.2) is 64.4 Å². The van der Waals surface area contributed by atoms with Gasteiger partial charge in [0.15, 0.2) is 11.4 Å². The third-order valence-corrected chi connectivity index (χ3v) is 7.35. The summed E-state index contributed by atoms with van der Waals surface area (Å²) < 4.78 is 1.80. The summed E-state index contributed by atoms with van der Waals surface area (Å²) in [5, 5.41) is 11.0. The second-order valence-electron chi connectivity index (χ2n) is 11.3. The van der Waals surface area contributed by atoms with E-state index in [0.717, 1.165) is 30.6 Å². The monoisotopic (exact) mass is 544 g/mol. The summed E-state index contributed by atoms with van der Waals surface area (Å²) in [5.74, 6) is -0.588. The van der Waals surface area contributed by atoms with Gasteiger partial charge >= 0.3 is 0 Å². The molecule has 2 amide bonds. The normalized spacial score (nSPS) is 17.3. The molecule has 9 heteroatoms. The molecule has 9 nitrogen and oxygen atoms in total. The lowest BCUT2D eigenvalue weighted by molar-refractivity contribution is -0.125. The second-order valence-corrected chi connectivity index (χ2v) is 11.3. The smallest absolute Gasteiger partial charge is 0.252 e. The van der Waals surface area contributed by atoms with Gasteiger partial charge in [0.1, 0.15) is 0 Å². The molecular weight excluding hydrogens is 504 g/mol. The fourth-order valence-corrected chi connectivity index (χ4v) is 5.07. The highest BCUT2D eigenvalue weighted by Gasteiger charge is 2.29. The third kappa shape index (κ3) is 6.65. The highest BCUT2D eigenvalue weighted by molar-refractivity contribution is 6.06. The van der Waals surface area contributed by atoms with Gasteiger partial charge in [0, 0.05) is 35.8 Å². The predicted octanol–water partition coefficient (Wildman–Crippen LogP) is 4.61. The van der Waals surface area contributed by atoms with Crippen molar-refractivity contribution in [2.24, 2.45) is 11.8 Å². The number of aromatic nitrogens is 3. The lowest BCUT2D eigenvalue weighted by Gasteiger charge is -2.26. The molecular formula is C31H40N6O3. The van der Waals surface area contributed by atoms with Crippen molar-refractivity contribution >= 4 is 28.6 Å². The van der Waals surface area contributed by atoms with Gasteiger partial charge in [-0.2, -0.15) is 5.10 Å². The van der Waals surface area contributed by atoms with Crippen LogP contribution in [0.2, 0.25) is 0 Å². The number of carbonyl (C=O) groups excluding carboxylic acids is 3. The van der Waals surface area contributed by atoms with Gasteiger partial charge in [-0.25, -0.2) is 9.67 Å². The molecule has 1 aliphatic rings. The number of allylic oxidation sites excluding steroid dienone is 2. The van der Waals surface area contributed by atoms with Gasteiger partial charge in [-0.05, 0) is 66.2 Å². The number of fused-ring (bicyclic) bond motifs is 1. The van der Waals surface area contributed by atoms with Crippen molar-refractivity contribution in [2.75, 3.05) is 27.2 Å². The van der Waals surface area contributed by atoms with Crippen LogP contribution < -0.4 is 10.6 Å². The number of Topliss-reactive ketones (excluding diaryl/α,β-unsaturated/α-hetero) is 1. The minimum absolute atomic E-state index is 0.0139. The number of unbranched alkanes of at least 4 members (excludes halogenated alkanes) is 1. The van der Waals surface area contributed by atoms with Crippen LogP contribution in [0.5, 0.6) is 0 Å². The Hall–Kier alpha value is -3.85. The summed E-state index contributed by atoms with van der Waals surface area (Å²) in [5.41, 5.74) is 3.98. The molecule has 1 aromatic carbocycles. The molecule has 0 fully saturated rings. The Morgan fingerprint density at radius 1 is 1.15 bits per heavy atom. The van der Waals surface area contributed by atoms with Crippen LogP contribution in [0.1, 0.15) is 73.7 Å². The van der Waals surface area contributed by atoms with Crippen LogP contribution >= 0.6 is 0 Å². The van der Waals surface area contributed by atoms with E-state index >= 15 is 0 Å². The van der Waals surface area contributed by atoms with E-state index in [2.05, 4.69) is 20.6 Å². The number of amides is 2. The maximum Gasteiger partial charge on any atom is 0.252 e. The molecule has 3 heterocycles. The number of benzene rings is 1. The molecule has 212 valence electrons. The molecule has 0 radical (unpaired) electrons. The summed E-state index contributed by atoms with van der Waals surface area (Å²) >= 11 is 0. The van der Waals surface area contributed by atoms with Crippen LogP contribution in [0, 0.1) is 11.8 Å². The zero-order valence-corrected chi connectivity index (χ0v) is 24.3. The fourth-order valence-electron chi connectivity index (χ4n) is 5.07. The number of hydrogen-bond donors (Lipinski definition) is 2. The van der Waals surface area contributed by atoms with E-state index in [-0.39, 0.29) is 42.0 Å². The standard InChI is InChI=1S/C31H40N6O3/c1-19(2)37-29-26(18-33-37)24(30(39)32-17-25-20(3)15-21(4)34-31(25)40)16-27(35-29)22-10-12-23(13-11-22)28(38)9-7-8-14-36(5)6/h10-13,15-16,18-20,25H,7-9,14,17H2,1-6H3,(H,32,39)(H,34,40). The number of nitrogens with zero attached hydrogens (tertiary/aromatic N) is 4. The maximum absolute atomic E-state index is 13.5. The van der Waals surface area contributed by atoms with E-state index in [9.17, 15) is 14.4 Å². The van der Waals surface area contributed by atoms with Crippen molar-refractivity contribution in [2.45, 2.75) is 53.0 Å². The molecule has 2 aromatic heterocycles. The largest absolute Gasteiger partial charge is 0.351 e. The number of pyridine rings is 1. The number of rotatable bonds is 11. The van der Waals surface area contributed by atoms with E-state index in [1.54, 1.807) is 16.9 Å². The topological polar surface area (TPSA) is 109 Å². The van der Waals surface area contributed by atoms with Gasteiger partial charge in [-0.1, -0.05) is 37.3 Å². The quantitative estimate of drug-likeness (QED) is 0.270. The van der Waals surface area contributed by atoms with E-state index in [1.165, 1.54) is 0 Å². The zero-order chi connectivity index (χ0) is 29.0. The molecule has 1 aliphatic heterocycles. The molecule has 0 aliphatic carbocycles. The summed E-state index contributed by atoms with van der Waals surface area (Å²) in [6.07, 6.45) is 6.02. The first-order valence-electron chi connectivity index (χ1n) is 14.0. The SMILES string of the molecule is CC1=CC(C)C(CNC(=O)c2cc(-c3ccc(C(=O)CCCCN(C)C)cc3)nc3c2cnn3C(C)C)C(=O)N1. The summed E-state index contributed by atoms with van der Waals surface area (Å²) in [7, 11) is 4.06. The van der Waals surface area contributed by atoms with Crippen LogP contribution in [0.25, 0.3) is 22.3 Å². The first kappa shape index (κ1) is 29.1. The lowest BCUT2D eigenvalue weighted by atomic mass is 9.89. The van der Waals surface area contributed by atoms with E-state index < -0.39 is 0 Å². The van der Waals surface area contributed by atoms with Crippen molar-refractivity contribution in [3.8, 4) is 11.3 Å². The number of hydrogen-bond acceptors (Lipinski definition) is 6. The predicted molar refractivity (Wildman–Crippen MR) is 157 cm³/mol. The number of nitrogens with one attached hydrogen (secondary N) is 2. The molecule has 0 saturated heterocycles. The Labute approximate surface area is 236 Å². The van der Waals surface area contributed by atoms with E-state index in [1.807, 2.05) is 72.1 Å². The van der Waals surface area contributed by atoms with Crippen molar-refractivity contribution in [1.82, 2.24) is 30.3 Å². The number of ketones is 1. The average molecular weight is 545 g/mol. The van der Waals surface area contributed by atoms with E-state index in [0.29, 0.717) is 34.3 Å². The fraction of sp³-hybridized carbons (Fsp3) is 0.452. The van der Waals surface area contributed by atoms with Gasteiger partial charge in [-0.15, -0.1) is 0 Å². The Morgan fingerprint density at radius 2 is 1.88 bits per heavy atom. The molecule has 0 spiro atoms. The van der Waals surface area contributed by atoms with Crippen molar-refractivity contribution in [1.29, 1.82) is 0 Å². The van der Waals surface area contributed by atoms with Crippen molar-refractivity contribution < 1.29 is 14.4 Å². The highest BCUT2D eigenvalue weighted by atomic mass is 16.2. The molecule has 3 aromatic rings. The molecule has 0 saturated carbocycles. The van der Waals surface area contributed by atoms with E-state index in [4.69, 9.17) is 4.98 Å². The Balaban J connectivity index is 1.58. The Morgan fingerprint density at radius 3 is 2.52 bits per heavy atom. The molecule has 2 unspecified atom stereocenters. The zero-order valence-electron chi connectivity index (χ0n) is 24.3. The van der Waals surface area contributed by atoms with Crippen LogP contribution in [0.3, 0.4) is 0 Å². The second kappa shape index (κ2) is 12.6. The first-order chi connectivity index (χ1) is 19.0. The number of carbonyl (C=O) groups is 3. The molecule has 0 bridgehead atoms. The average Bonchev–Trinajstić information content (AvgIpc) is 3.34. The van der Waals surface area contributed by atoms with Crippen molar-refractivity contribution in [3.63, 3.8) is 0 Å². The maximum atomic E-state index is 13.5. The molecule has 2 atom stereocenters. The van der Waals surface area contributed by atoms with Gasteiger partial charge < -0.3 is 15.5 Å². The first-order valence-corrected chi connectivity index (χ1v) is 14.0. The van der Waals surface area contributed by atoms with Crippen molar-refractivity contribution in [3.05, 3.63) is 59.4 Å². The van der Waals surface area contributed by atoms with Gasteiger partial charge in [0.2, 0.25) is 5.91 Å². The third-order valence-electron chi connectivity index (χ3n) is 7.35. The summed E-state index contributed by atoms with van der Waals surface area (Å²) in [6, 6.07) is 9.21. The van der Waals surface area contributed by atoms with Gasteiger partial charge in [-0.3, -0.25) is 14.4 Å². The minimum atomic E-state index is -0.351. The summed E-state index contributed by atoms with van der Waals surface area (Å²) in [4.78, 5) is 45.7. The van der Waals surface area contributed by atoms with Gasteiger partial charge in [0.25, 0.3) is 5.91 Å². The molecule has 40 heavy (non-hydrogen) atoms. The Kier molecular flexibility index (Phi) is 9.14. The lowest BCUT2D eigenvalue weighted by Crippen LogP contribution is -2.43.